The zero-order valence-electron chi connectivity index (χ0n) is 5.00. The Morgan fingerprint density at radius 3 is 0.909 bits per heavy atom. The normalized spacial score (nSPS) is 9.45. The van der Waals surface area contributed by atoms with Crippen LogP contribution in [0.4, 0.5) is 0 Å². The molecule has 0 bridgehead atoms. The summed E-state index contributed by atoms with van der Waals surface area (Å²) in [6.45, 7) is 0. The van der Waals surface area contributed by atoms with Crippen LogP contribution in [0.25, 0.3) is 0 Å². The van der Waals surface area contributed by atoms with E-state index >= 15 is 0 Å². The van der Waals surface area contributed by atoms with Crippen LogP contribution in [0.15, 0.2) is 0 Å². The van der Waals surface area contributed by atoms with Gasteiger partial charge in [0, 0.05) is 0 Å². The maximum atomic E-state index is 9.10. The van der Waals surface area contributed by atoms with E-state index in [0.717, 1.165) is 0 Å². The summed E-state index contributed by atoms with van der Waals surface area (Å²) in [7, 11) is -4.61. The summed E-state index contributed by atoms with van der Waals surface area (Å²) >= 11 is 0. The van der Waals surface area contributed by atoms with Crippen LogP contribution in [0.5, 0.6) is 0 Å². The second kappa shape index (κ2) is 4.76. The maximum absolute atomic E-state index is 9.10. The highest BCUT2D eigenvalue weighted by Crippen LogP contribution is 1.67. The third-order valence-corrected chi connectivity index (χ3v) is 0.183. The number of aliphatic carboxylic acids is 2. The molecule has 0 aromatic carbocycles. The minimum absolute atomic E-state index is 1.82. The predicted molar refractivity (Wildman–Crippen MR) is 29.9 cm³/mol. The number of hydrogen-bond acceptors (Lipinski definition) is 6. The molecule has 0 unspecified atom stereocenters. The van der Waals surface area contributed by atoms with Gasteiger partial charge in [0.25, 0.3) is 0 Å². The van der Waals surface area contributed by atoms with Gasteiger partial charge in [-0.25, -0.2) is 9.59 Å². The number of hydrogen-bond donors (Lipinski definition) is 6. The Kier molecular flexibility index (Phi) is 5.47. The van der Waals surface area contributed by atoms with E-state index in [2.05, 4.69) is 0 Å². The van der Waals surface area contributed by atoms with E-state index < -0.39 is 21.0 Å². The third kappa shape index (κ3) is 49.0. The van der Waals surface area contributed by atoms with Crippen molar-refractivity contribution >= 4 is 21.0 Å². The summed E-state index contributed by atoms with van der Waals surface area (Å²) in [4.78, 5) is 47.5. The quantitative estimate of drug-likeness (QED) is 0.168. The lowest BCUT2D eigenvalue weighted by Gasteiger charge is -1.91. The molecule has 0 saturated carbocycles. The van der Waals surface area contributed by atoms with Crippen LogP contribution in [0.3, 0.4) is 0 Å². The van der Waals surface area contributed by atoms with E-state index in [1.807, 2.05) is 0 Å². The number of carbonyl (C=O) groups is 2. The summed E-state index contributed by atoms with van der Waals surface area (Å²) in [5, 5.41) is 14.8. The molecule has 0 saturated heterocycles. The van der Waals surface area contributed by atoms with E-state index in [4.69, 9.17) is 39.0 Å². The Labute approximate surface area is 61.1 Å². The highest BCUT2D eigenvalue weighted by molar-refractivity contribution is 6.46. The maximum Gasteiger partial charge on any atom is 0.668 e. The molecule has 6 N–H and O–H groups in total. The second-order valence-corrected chi connectivity index (χ2v) is 2.41. The van der Waals surface area contributed by atoms with Crippen LogP contribution in [0, 0.1) is 0 Å². The highest BCUT2D eigenvalue weighted by atomic mass is 28.4. The molecule has 0 rings (SSSR count). The first-order valence-electron chi connectivity index (χ1n) is 2.00. The summed E-state index contributed by atoms with van der Waals surface area (Å²) in [6.07, 6.45) is 0. The molecule has 0 aliphatic rings. The van der Waals surface area contributed by atoms with Crippen molar-refractivity contribution in [3.05, 3.63) is 0 Å². The van der Waals surface area contributed by atoms with Gasteiger partial charge < -0.3 is 29.4 Å². The van der Waals surface area contributed by atoms with E-state index in [-0.39, 0.29) is 0 Å². The Morgan fingerprint density at radius 1 is 0.818 bits per heavy atom. The average molecular weight is 186 g/mol. The van der Waals surface area contributed by atoms with Gasteiger partial charge in [0.05, 0.1) is 0 Å². The fraction of sp³-hybridized carbons (Fsp3) is 0. The number of rotatable bonds is 0. The number of carboxylic acid groups (broad SMARTS) is 2. The van der Waals surface area contributed by atoms with Crippen LogP contribution in [0.1, 0.15) is 0 Å². The third-order valence-electron chi connectivity index (χ3n) is 0.183. The molecule has 0 aromatic rings. The summed E-state index contributed by atoms with van der Waals surface area (Å²) in [5.74, 6) is -3.65. The Balaban J connectivity index is 0. The molecule has 0 amide bonds. The average Bonchev–Trinajstić information content (AvgIpc) is 1.59. The molecule has 0 atom stereocenters. The van der Waals surface area contributed by atoms with Crippen molar-refractivity contribution in [3.63, 3.8) is 0 Å². The first-order chi connectivity index (χ1) is 4.64. The summed E-state index contributed by atoms with van der Waals surface area (Å²) in [6, 6.07) is 0. The van der Waals surface area contributed by atoms with Crippen molar-refractivity contribution in [3.8, 4) is 0 Å². The van der Waals surface area contributed by atoms with Gasteiger partial charge in [0.15, 0.2) is 0 Å². The molecule has 0 aliphatic carbocycles. The van der Waals surface area contributed by atoms with Crippen LogP contribution in [-0.4, -0.2) is 50.4 Å². The van der Waals surface area contributed by atoms with Crippen molar-refractivity contribution < 1.29 is 39.0 Å². The number of carboxylic acids is 2. The first kappa shape index (κ1) is 12.7. The van der Waals surface area contributed by atoms with E-state index in [0.29, 0.717) is 0 Å². The molecule has 0 spiro atoms. The van der Waals surface area contributed by atoms with Crippen molar-refractivity contribution in [1.29, 1.82) is 0 Å². The van der Waals surface area contributed by atoms with Crippen LogP contribution < -0.4 is 0 Å². The van der Waals surface area contributed by atoms with Crippen molar-refractivity contribution in [2.75, 3.05) is 0 Å². The van der Waals surface area contributed by atoms with Gasteiger partial charge in [0.2, 0.25) is 0 Å². The summed E-state index contributed by atoms with van der Waals surface area (Å²) in [5.41, 5.74) is 0. The zero-order chi connectivity index (χ0) is 9.65. The molecule has 11 heavy (non-hydrogen) atoms. The lowest BCUT2D eigenvalue weighted by Crippen LogP contribution is -2.33. The summed E-state index contributed by atoms with van der Waals surface area (Å²) < 4.78 is 0. The van der Waals surface area contributed by atoms with Gasteiger partial charge in [-0.15, -0.1) is 0 Å². The minimum atomic E-state index is -4.61. The van der Waals surface area contributed by atoms with Gasteiger partial charge >= 0.3 is 21.0 Å². The first-order valence-corrected chi connectivity index (χ1v) is 3.79. The standard InChI is InChI=1S/C2H2O4.H4O4Si/c3-1(4)2(5)6;1-5(2,3)4/h(H,3,4)(H,5,6);1-4H. The molecule has 0 heterocycles. The van der Waals surface area contributed by atoms with Gasteiger partial charge in [-0.3, -0.25) is 0 Å². The Morgan fingerprint density at radius 2 is 0.909 bits per heavy atom. The highest BCUT2D eigenvalue weighted by Gasteiger charge is 2.22. The van der Waals surface area contributed by atoms with E-state index in [1.165, 1.54) is 0 Å². The SMILES string of the molecule is O=C(O)C(=O)O.O[Si](O)(O)O. The van der Waals surface area contributed by atoms with Crippen molar-refractivity contribution in [1.82, 2.24) is 0 Å². The Bertz CT molecular complexity index is 127. The van der Waals surface area contributed by atoms with Crippen LogP contribution in [0.2, 0.25) is 0 Å². The van der Waals surface area contributed by atoms with E-state index in [9.17, 15) is 0 Å². The van der Waals surface area contributed by atoms with E-state index in [1.54, 1.807) is 0 Å². The molecule has 66 valence electrons. The largest absolute Gasteiger partial charge is 0.668 e. The zero-order valence-corrected chi connectivity index (χ0v) is 6.00. The fourth-order valence-electron chi connectivity index (χ4n) is 0. The van der Waals surface area contributed by atoms with Crippen molar-refractivity contribution in [2.45, 2.75) is 0 Å². The van der Waals surface area contributed by atoms with Crippen LogP contribution >= 0.6 is 0 Å². The van der Waals surface area contributed by atoms with Gasteiger partial charge in [0.1, 0.15) is 0 Å². The Hall–Kier alpha value is -1.00. The lowest BCUT2D eigenvalue weighted by molar-refractivity contribution is -0.159. The van der Waals surface area contributed by atoms with Gasteiger partial charge in [-0.1, -0.05) is 0 Å². The fourth-order valence-corrected chi connectivity index (χ4v) is 0. The van der Waals surface area contributed by atoms with Gasteiger partial charge in [-0.05, 0) is 0 Å². The molecule has 0 aliphatic heterocycles. The minimum Gasteiger partial charge on any atom is -0.473 e. The van der Waals surface area contributed by atoms with Crippen LogP contribution in [-0.2, 0) is 9.59 Å². The molecule has 9 heteroatoms. The molecule has 0 aromatic heterocycles. The monoisotopic (exact) mass is 186 g/mol. The van der Waals surface area contributed by atoms with Crippen molar-refractivity contribution in [2.24, 2.45) is 0 Å². The topological polar surface area (TPSA) is 156 Å². The van der Waals surface area contributed by atoms with Gasteiger partial charge in [-0.2, -0.15) is 0 Å². The molecular formula is C2H6O8Si. The predicted octanol–water partition coefficient (Wildman–Crippen LogP) is -3.45. The second-order valence-electron chi connectivity index (χ2n) is 1.21. The molecule has 0 fully saturated rings. The molecule has 0 radical (unpaired) electrons. The lowest BCUT2D eigenvalue weighted by atomic mass is 10.7. The molecule has 8 nitrogen and oxygen atoms in total. The molecular weight excluding hydrogens is 180 g/mol. The smallest absolute Gasteiger partial charge is 0.473 e.